The highest BCUT2D eigenvalue weighted by molar-refractivity contribution is 5.69. The van der Waals surface area contributed by atoms with Crippen LogP contribution in [0.5, 0.6) is 11.6 Å². The van der Waals surface area contributed by atoms with Gasteiger partial charge in [-0.25, -0.2) is 9.37 Å². The summed E-state index contributed by atoms with van der Waals surface area (Å²) < 4.78 is 19.5. The standard InChI is InChI=1S/C18H15FN4O3/c1-11-7-12(2)9-13(8-11)26-18-16(23(24)25)17(20-10-21-18)22-15-6-4-3-5-14(15)19/h3-10H,1-2H3,(H,20,21,22). The van der Waals surface area contributed by atoms with Crippen molar-refractivity contribution in [2.75, 3.05) is 5.32 Å². The molecule has 0 atom stereocenters. The number of nitrogens with one attached hydrogen (secondary N) is 1. The fourth-order valence-electron chi connectivity index (χ4n) is 2.49. The van der Waals surface area contributed by atoms with E-state index >= 15 is 0 Å². The molecule has 0 spiro atoms. The summed E-state index contributed by atoms with van der Waals surface area (Å²) in [5, 5.41) is 14.2. The van der Waals surface area contributed by atoms with E-state index in [1.165, 1.54) is 18.2 Å². The number of anilines is 2. The lowest BCUT2D eigenvalue weighted by molar-refractivity contribution is -0.385. The quantitative estimate of drug-likeness (QED) is 0.529. The highest BCUT2D eigenvalue weighted by Gasteiger charge is 2.25. The van der Waals surface area contributed by atoms with Crippen LogP contribution >= 0.6 is 0 Å². The van der Waals surface area contributed by atoms with Gasteiger partial charge in [-0.3, -0.25) is 10.1 Å². The molecule has 0 radical (unpaired) electrons. The van der Waals surface area contributed by atoms with Gasteiger partial charge in [-0.2, -0.15) is 4.98 Å². The number of aromatic nitrogens is 2. The normalized spacial score (nSPS) is 10.4. The van der Waals surface area contributed by atoms with Gasteiger partial charge in [-0.15, -0.1) is 0 Å². The second-order valence-corrected chi connectivity index (χ2v) is 5.66. The Labute approximate surface area is 148 Å². The number of ether oxygens (including phenoxy) is 1. The third-order valence-corrected chi connectivity index (χ3v) is 3.51. The van der Waals surface area contributed by atoms with Crippen LogP contribution < -0.4 is 10.1 Å². The molecule has 0 saturated carbocycles. The van der Waals surface area contributed by atoms with Gasteiger partial charge in [0.1, 0.15) is 17.9 Å². The zero-order valence-electron chi connectivity index (χ0n) is 14.1. The molecular formula is C18H15FN4O3. The van der Waals surface area contributed by atoms with E-state index < -0.39 is 16.4 Å². The van der Waals surface area contributed by atoms with Crippen LogP contribution in [0.2, 0.25) is 0 Å². The molecule has 0 unspecified atom stereocenters. The van der Waals surface area contributed by atoms with Crippen LogP contribution in [0.1, 0.15) is 11.1 Å². The van der Waals surface area contributed by atoms with E-state index in [0.29, 0.717) is 5.75 Å². The number of halogens is 1. The Balaban J connectivity index is 2.01. The van der Waals surface area contributed by atoms with Crippen molar-refractivity contribution in [3.8, 4) is 11.6 Å². The van der Waals surface area contributed by atoms with E-state index in [-0.39, 0.29) is 17.4 Å². The molecule has 3 rings (SSSR count). The lowest BCUT2D eigenvalue weighted by atomic mass is 10.1. The Hall–Kier alpha value is -3.55. The first-order valence-electron chi connectivity index (χ1n) is 7.71. The largest absolute Gasteiger partial charge is 0.434 e. The van der Waals surface area contributed by atoms with Crippen molar-refractivity contribution in [2.24, 2.45) is 0 Å². The summed E-state index contributed by atoms with van der Waals surface area (Å²) in [6.07, 6.45) is 1.12. The molecule has 0 aliphatic heterocycles. The first-order chi connectivity index (χ1) is 12.4. The average molecular weight is 354 g/mol. The molecule has 0 aliphatic rings. The Morgan fingerprint density at radius 3 is 2.46 bits per heavy atom. The Bertz CT molecular complexity index is 958. The summed E-state index contributed by atoms with van der Waals surface area (Å²) in [6, 6.07) is 11.2. The number of hydrogen-bond donors (Lipinski definition) is 1. The molecule has 1 heterocycles. The van der Waals surface area contributed by atoms with Gasteiger partial charge in [-0.05, 0) is 49.2 Å². The van der Waals surface area contributed by atoms with Crippen molar-refractivity contribution in [2.45, 2.75) is 13.8 Å². The molecule has 132 valence electrons. The maximum atomic E-state index is 13.8. The molecule has 26 heavy (non-hydrogen) atoms. The fourth-order valence-corrected chi connectivity index (χ4v) is 2.49. The highest BCUT2D eigenvalue weighted by atomic mass is 19.1. The van der Waals surface area contributed by atoms with Crippen molar-refractivity contribution in [1.82, 2.24) is 9.97 Å². The maximum Gasteiger partial charge on any atom is 0.373 e. The third kappa shape index (κ3) is 3.75. The van der Waals surface area contributed by atoms with Crippen LogP contribution in [-0.4, -0.2) is 14.9 Å². The molecule has 0 fully saturated rings. The predicted octanol–water partition coefficient (Wildman–Crippen LogP) is 4.68. The number of benzene rings is 2. The van der Waals surface area contributed by atoms with Crippen LogP contribution in [0.4, 0.5) is 21.6 Å². The van der Waals surface area contributed by atoms with Gasteiger partial charge < -0.3 is 10.1 Å². The van der Waals surface area contributed by atoms with E-state index in [0.717, 1.165) is 17.5 Å². The molecule has 0 bridgehead atoms. The van der Waals surface area contributed by atoms with Crippen LogP contribution in [0, 0.1) is 29.8 Å². The summed E-state index contributed by atoms with van der Waals surface area (Å²) in [7, 11) is 0. The van der Waals surface area contributed by atoms with Gasteiger partial charge in [-0.1, -0.05) is 18.2 Å². The van der Waals surface area contributed by atoms with Gasteiger partial charge in [0.15, 0.2) is 0 Å². The third-order valence-electron chi connectivity index (χ3n) is 3.51. The number of rotatable bonds is 5. The van der Waals surface area contributed by atoms with Gasteiger partial charge in [0, 0.05) is 0 Å². The molecule has 0 saturated heterocycles. The van der Waals surface area contributed by atoms with Gasteiger partial charge in [0.2, 0.25) is 5.82 Å². The van der Waals surface area contributed by atoms with Crippen molar-refractivity contribution >= 4 is 17.2 Å². The summed E-state index contributed by atoms with van der Waals surface area (Å²) >= 11 is 0. The molecule has 0 aliphatic carbocycles. The minimum atomic E-state index is -0.666. The molecule has 2 aromatic carbocycles. The van der Waals surface area contributed by atoms with Crippen LogP contribution in [0.3, 0.4) is 0 Å². The lowest BCUT2D eigenvalue weighted by Gasteiger charge is -2.10. The van der Waals surface area contributed by atoms with Gasteiger partial charge >= 0.3 is 11.6 Å². The second-order valence-electron chi connectivity index (χ2n) is 5.66. The van der Waals surface area contributed by atoms with E-state index in [9.17, 15) is 14.5 Å². The molecule has 1 N–H and O–H groups in total. The van der Waals surface area contributed by atoms with E-state index in [4.69, 9.17) is 4.74 Å². The van der Waals surface area contributed by atoms with Crippen LogP contribution in [0.25, 0.3) is 0 Å². The molecule has 8 heteroatoms. The number of para-hydroxylation sites is 1. The average Bonchev–Trinajstić information content (AvgIpc) is 2.56. The Kier molecular flexibility index (Phi) is 4.74. The summed E-state index contributed by atoms with van der Waals surface area (Å²) in [4.78, 5) is 18.6. The number of nitrogens with zero attached hydrogens (tertiary/aromatic N) is 3. The fraction of sp³-hybridized carbons (Fsp3) is 0.111. The zero-order chi connectivity index (χ0) is 18.7. The van der Waals surface area contributed by atoms with Crippen molar-refractivity contribution in [3.63, 3.8) is 0 Å². The Morgan fingerprint density at radius 1 is 1.12 bits per heavy atom. The molecule has 7 nitrogen and oxygen atoms in total. The minimum absolute atomic E-state index is 0.0617. The summed E-state index contributed by atoms with van der Waals surface area (Å²) in [5.74, 6) is -0.526. The molecule has 0 amide bonds. The van der Waals surface area contributed by atoms with Crippen molar-refractivity contribution in [1.29, 1.82) is 0 Å². The monoisotopic (exact) mass is 354 g/mol. The number of hydrogen-bond acceptors (Lipinski definition) is 6. The summed E-state index contributed by atoms with van der Waals surface area (Å²) in [5.41, 5.74) is 1.48. The SMILES string of the molecule is Cc1cc(C)cc(Oc2ncnc(Nc3ccccc3F)c2[N+](=O)[O-])c1. The van der Waals surface area contributed by atoms with Crippen molar-refractivity contribution < 1.29 is 14.1 Å². The molecule has 3 aromatic rings. The first-order valence-corrected chi connectivity index (χ1v) is 7.71. The number of aryl methyl sites for hydroxylation is 2. The van der Waals surface area contributed by atoms with E-state index in [1.807, 2.05) is 19.9 Å². The van der Waals surface area contributed by atoms with Crippen LogP contribution in [0.15, 0.2) is 48.8 Å². The van der Waals surface area contributed by atoms with Crippen molar-refractivity contribution in [3.05, 3.63) is 75.9 Å². The molecule has 1 aromatic heterocycles. The molecular weight excluding hydrogens is 339 g/mol. The number of nitro groups is 1. The topological polar surface area (TPSA) is 90.2 Å². The highest BCUT2D eigenvalue weighted by Crippen LogP contribution is 2.36. The van der Waals surface area contributed by atoms with Crippen LogP contribution in [-0.2, 0) is 0 Å². The van der Waals surface area contributed by atoms with E-state index in [2.05, 4.69) is 15.3 Å². The van der Waals surface area contributed by atoms with E-state index in [1.54, 1.807) is 18.2 Å². The predicted molar refractivity (Wildman–Crippen MR) is 94.4 cm³/mol. The smallest absolute Gasteiger partial charge is 0.373 e. The van der Waals surface area contributed by atoms with Gasteiger partial charge in [0.25, 0.3) is 0 Å². The zero-order valence-corrected chi connectivity index (χ0v) is 14.1. The lowest BCUT2D eigenvalue weighted by Crippen LogP contribution is -2.04. The minimum Gasteiger partial charge on any atom is -0.434 e. The summed E-state index contributed by atoms with van der Waals surface area (Å²) in [6.45, 7) is 3.78. The first kappa shape index (κ1) is 17.3. The van der Waals surface area contributed by atoms with Gasteiger partial charge in [0.05, 0.1) is 10.6 Å². The Morgan fingerprint density at radius 2 is 1.81 bits per heavy atom. The maximum absolute atomic E-state index is 13.8. The second kappa shape index (κ2) is 7.14.